The highest BCUT2D eigenvalue weighted by Gasteiger charge is 2.18. The molecule has 0 fully saturated rings. The molecule has 0 atom stereocenters. The third-order valence-corrected chi connectivity index (χ3v) is 5.58. The molecule has 31 heavy (non-hydrogen) atoms. The van der Waals surface area contributed by atoms with E-state index in [4.69, 9.17) is 26.1 Å². The van der Waals surface area contributed by atoms with Crippen molar-refractivity contribution < 1.29 is 18.8 Å². The number of esters is 1. The molecule has 1 aromatic carbocycles. The number of benzene rings is 1. The second-order valence-electron chi connectivity index (χ2n) is 6.38. The molecule has 1 N–H and O–H groups in total. The fourth-order valence-corrected chi connectivity index (χ4v) is 3.96. The van der Waals surface area contributed by atoms with Crippen LogP contribution in [-0.2, 0) is 15.3 Å². The standard InChI is InChI=1S/C21H17ClN4O4S/c1-12-17(13(2)30-26-12)11-31-20-16(4-3-7-24-20)21(28)29-10-19(27)25-15-6-5-14(9-23)18(22)8-15/h3-8H,10-11H2,1-2H3,(H,25,27). The Morgan fingerprint density at radius 2 is 2.13 bits per heavy atom. The van der Waals surface area contributed by atoms with E-state index in [-0.39, 0.29) is 10.6 Å². The maximum Gasteiger partial charge on any atom is 0.341 e. The predicted molar refractivity (Wildman–Crippen MR) is 115 cm³/mol. The van der Waals surface area contributed by atoms with Crippen LogP contribution in [0, 0.1) is 25.2 Å². The Morgan fingerprint density at radius 1 is 1.32 bits per heavy atom. The molecule has 10 heteroatoms. The Labute approximate surface area is 187 Å². The summed E-state index contributed by atoms with van der Waals surface area (Å²) < 4.78 is 10.3. The van der Waals surface area contributed by atoms with Crippen molar-refractivity contribution >= 4 is 40.9 Å². The molecule has 3 aromatic rings. The SMILES string of the molecule is Cc1noc(C)c1CSc1ncccc1C(=O)OCC(=O)Nc1ccc(C#N)c(Cl)c1. The van der Waals surface area contributed by atoms with Gasteiger partial charge in [0.2, 0.25) is 0 Å². The molecule has 0 aliphatic rings. The number of nitrogens with zero attached hydrogens (tertiary/aromatic N) is 3. The van der Waals surface area contributed by atoms with Crippen LogP contribution in [0.4, 0.5) is 5.69 Å². The molecule has 0 unspecified atom stereocenters. The van der Waals surface area contributed by atoms with E-state index in [9.17, 15) is 9.59 Å². The molecule has 0 aliphatic carbocycles. The van der Waals surface area contributed by atoms with Crippen molar-refractivity contribution in [2.45, 2.75) is 24.6 Å². The van der Waals surface area contributed by atoms with Crippen molar-refractivity contribution in [3.63, 3.8) is 0 Å². The summed E-state index contributed by atoms with van der Waals surface area (Å²) in [5, 5.41) is 16.1. The first kappa shape index (κ1) is 22.3. The average molecular weight is 457 g/mol. The molecule has 158 valence electrons. The minimum Gasteiger partial charge on any atom is -0.452 e. The number of nitriles is 1. The van der Waals surface area contributed by atoms with E-state index in [1.807, 2.05) is 19.9 Å². The summed E-state index contributed by atoms with van der Waals surface area (Å²) >= 11 is 7.30. The van der Waals surface area contributed by atoms with Gasteiger partial charge in [-0.15, -0.1) is 11.8 Å². The van der Waals surface area contributed by atoms with Gasteiger partial charge in [-0.25, -0.2) is 9.78 Å². The fourth-order valence-electron chi connectivity index (χ4n) is 2.60. The lowest BCUT2D eigenvalue weighted by Crippen LogP contribution is -2.21. The number of aromatic nitrogens is 2. The molecule has 0 aliphatic heterocycles. The van der Waals surface area contributed by atoms with E-state index in [1.165, 1.54) is 30.0 Å². The molecule has 1 amide bonds. The average Bonchev–Trinajstić information content (AvgIpc) is 3.08. The van der Waals surface area contributed by atoms with Gasteiger partial charge in [0.25, 0.3) is 5.91 Å². The number of nitrogens with one attached hydrogen (secondary N) is 1. The van der Waals surface area contributed by atoms with E-state index in [0.717, 1.165) is 11.3 Å². The summed E-state index contributed by atoms with van der Waals surface area (Å²) in [5.41, 5.74) is 2.67. The fraction of sp³-hybridized carbons (Fsp3) is 0.190. The van der Waals surface area contributed by atoms with Gasteiger partial charge >= 0.3 is 5.97 Å². The smallest absolute Gasteiger partial charge is 0.341 e. The van der Waals surface area contributed by atoms with E-state index < -0.39 is 18.5 Å². The first-order valence-corrected chi connectivity index (χ1v) is 10.4. The van der Waals surface area contributed by atoms with Crippen molar-refractivity contribution in [2.24, 2.45) is 0 Å². The van der Waals surface area contributed by atoms with Gasteiger partial charge in [0.15, 0.2) is 6.61 Å². The maximum absolute atomic E-state index is 12.5. The zero-order valence-electron chi connectivity index (χ0n) is 16.6. The Balaban J connectivity index is 1.60. The molecule has 3 rings (SSSR count). The van der Waals surface area contributed by atoms with Gasteiger partial charge in [-0.05, 0) is 44.2 Å². The zero-order chi connectivity index (χ0) is 22.4. The molecule has 0 saturated carbocycles. The number of rotatable bonds is 7. The maximum atomic E-state index is 12.5. The molecule has 0 bridgehead atoms. The molecule has 0 radical (unpaired) electrons. The van der Waals surface area contributed by atoms with Crippen LogP contribution in [0.1, 0.15) is 32.9 Å². The third kappa shape index (κ3) is 5.63. The number of hydrogen-bond donors (Lipinski definition) is 1. The summed E-state index contributed by atoms with van der Waals surface area (Å²) in [6, 6.07) is 9.61. The zero-order valence-corrected chi connectivity index (χ0v) is 18.2. The van der Waals surface area contributed by atoms with Crippen LogP contribution < -0.4 is 5.32 Å². The number of amides is 1. The number of ether oxygens (including phenoxy) is 1. The number of thioether (sulfide) groups is 1. The minimum atomic E-state index is -0.664. The molecule has 2 heterocycles. The van der Waals surface area contributed by atoms with Crippen LogP contribution in [0.15, 0.2) is 46.1 Å². The van der Waals surface area contributed by atoms with Gasteiger partial charge in [0.1, 0.15) is 16.9 Å². The first-order valence-electron chi connectivity index (χ1n) is 9.05. The van der Waals surface area contributed by atoms with Crippen molar-refractivity contribution in [3.8, 4) is 6.07 Å². The summed E-state index contributed by atoms with van der Waals surface area (Å²) in [4.78, 5) is 28.9. The normalized spacial score (nSPS) is 10.4. The number of carbonyl (C=O) groups is 2. The Kier molecular flexibility index (Phi) is 7.28. The van der Waals surface area contributed by atoms with Gasteiger partial charge in [-0.1, -0.05) is 16.8 Å². The number of pyridine rings is 1. The van der Waals surface area contributed by atoms with Crippen LogP contribution in [0.2, 0.25) is 5.02 Å². The highest BCUT2D eigenvalue weighted by Crippen LogP contribution is 2.27. The van der Waals surface area contributed by atoms with Gasteiger partial charge in [-0.3, -0.25) is 4.79 Å². The number of anilines is 1. The Hall–Kier alpha value is -3.35. The summed E-state index contributed by atoms with van der Waals surface area (Å²) in [7, 11) is 0. The highest BCUT2D eigenvalue weighted by molar-refractivity contribution is 7.98. The number of carbonyl (C=O) groups excluding carboxylic acids is 2. The molecule has 0 spiro atoms. The van der Waals surface area contributed by atoms with E-state index in [2.05, 4.69) is 15.5 Å². The van der Waals surface area contributed by atoms with Gasteiger partial charge < -0.3 is 14.6 Å². The van der Waals surface area contributed by atoms with E-state index in [0.29, 0.717) is 27.8 Å². The summed E-state index contributed by atoms with van der Waals surface area (Å²) in [6.45, 7) is 3.18. The van der Waals surface area contributed by atoms with E-state index in [1.54, 1.807) is 18.3 Å². The van der Waals surface area contributed by atoms with Gasteiger partial charge in [0.05, 0.1) is 21.8 Å². The Bertz CT molecular complexity index is 1150. The molecule has 8 nitrogen and oxygen atoms in total. The molecular weight excluding hydrogens is 440 g/mol. The first-order chi connectivity index (χ1) is 14.9. The second kappa shape index (κ2) is 10.1. The lowest BCUT2D eigenvalue weighted by Gasteiger charge is -2.09. The van der Waals surface area contributed by atoms with Crippen LogP contribution in [0.5, 0.6) is 0 Å². The quantitative estimate of drug-likeness (QED) is 0.413. The monoisotopic (exact) mass is 456 g/mol. The molecule has 0 saturated heterocycles. The van der Waals surface area contributed by atoms with Crippen LogP contribution in [0.25, 0.3) is 0 Å². The van der Waals surface area contributed by atoms with Crippen LogP contribution in [-0.4, -0.2) is 28.6 Å². The highest BCUT2D eigenvalue weighted by atomic mass is 35.5. The largest absolute Gasteiger partial charge is 0.452 e. The lowest BCUT2D eigenvalue weighted by atomic mass is 10.2. The third-order valence-electron chi connectivity index (χ3n) is 4.23. The van der Waals surface area contributed by atoms with Crippen molar-refractivity contribution in [3.05, 3.63) is 69.7 Å². The predicted octanol–water partition coefficient (Wildman–Crippen LogP) is 4.30. The Morgan fingerprint density at radius 3 is 2.81 bits per heavy atom. The van der Waals surface area contributed by atoms with Crippen LogP contribution in [0.3, 0.4) is 0 Å². The second-order valence-corrected chi connectivity index (χ2v) is 7.75. The van der Waals surface area contributed by atoms with Crippen molar-refractivity contribution in [2.75, 3.05) is 11.9 Å². The number of halogens is 1. The lowest BCUT2D eigenvalue weighted by molar-refractivity contribution is -0.119. The number of aryl methyl sites for hydroxylation is 2. The van der Waals surface area contributed by atoms with Crippen molar-refractivity contribution in [1.82, 2.24) is 10.1 Å². The number of hydrogen-bond acceptors (Lipinski definition) is 8. The van der Waals surface area contributed by atoms with Gasteiger partial charge in [0, 0.05) is 23.2 Å². The topological polar surface area (TPSA) is 118 Å². The minimum absolute atomic E-state index is 0.215. The molecule has 2 aromatic heterocycles. The summed E-state index contributed by atoms with van der Waals surface area (Å²) in [5.74, 6) is 0.0354. The van der Waals surface area contributed by atoms with Crippen LogP contribution >= 0.6 is 23.4 Å². The van der Waals surface area contributed by atoms with E-state index >= 15 is 0 Å². The molecular formula is C21H17ClN4O4S. The summed E-state index contributed by atoms with van der Waals surface area (Å²) in [6.07, 6.45) is 1.58. The van der Waals surface area contributed by atoms with Gasteiger partial charge in [-0.2, -0.15) is 5.26 Å². The van der Waals surface area contributed by atoms with Crippen molar-refractivity contribution in [1.29, 1.82) is 5.26 Å².